The van der Waals surface area contributed by atoms with E-state index in [0.717, 1.165) is 21.3 Å². The third-order valence-electron chi connectivity index (χ3n) is 2.79. The molecule has 0 radical (unpaired) electrons. The summed E-state index contributed by atoms with van der Waals surface area (Å²) in [5.74, 6) is 0. The van der Waals surface area contributed by atoms with Gasteiger partial charge in [-0.25, -0.2) is 4.98 Å². The van der Waals surface area contributed by atoms with Crippen LogP contribution >= 0.6 is 22.9 Å². The van der Waals surface area contributed by atoms with Gasteiger partial charge in [0.1, 0.15) is 5.01 Å². The van der Waals surface area contributed by atoms with Crippen LogP contribution in [0.4, 0.5) is 0 Å². The molecule has 0 saturated heterocycles. The summed E-state index contributed by atoms with van der Waals surface area (Å²) in [7, 11) is 0. The van der Waals surface area contributed by atoms with Crippen LogP contribution in [-0.4, -0.2) is 4.98 Å². The van der Waals surface area contributed by atoms with E-state index in [-0.39, 0.29) is 11.5 Å². The van der Waals surface area contributed by atoms with E-state index in [1.54, 1.807) is 11.3 Å². The molecule has 18 heavy (non-hydrogen) atoms. The zero-order valence-corrected chi connectivity index (χ0v) is 12.3. The minimum Gasteiger partial charge on any atom is -0.318 e. The highest BCUT2D eigenvalue weighted by molar-refractivity contribution is 7.09. The number of rotatable bonds is 2. The predicted octanol–water partition coefficient (Wildman–Crippen LogP) is 4.14. The lowest BCUT2D eigenvalue weighted by molar-refractivity contribution is 0.569. The van der Waals surface area contributed by atoms with Gasteiger partial charge in [0.15, 0.2) is 0 Å². The Morgan fingerprint density at radius 3 is 2.33 bits per heavy atom. The van der Waals surface area contributed by atoms with Crippen LogP contribution < -0.4 is 5.73 Å². The van der Waals surface area contributed by atoms with Crippen LogP contribution in [0.15, 0.2) is 29.6 Å². The lowest BCUT2D eigenvalue weighted by Gasteiger charge is -2.15. The maximum absolute atomic E-state index is 6.23. The number of halogens is 1. The topological polar surface area (TPSA) is 38.9 Å². The highest BCUT2D eigenvalue weighted by Gasteiger charge is 2.20. The van der Waals surface area contributed by atoms with E-state index in [1.165, 1.54) is 0 Å². The summed E-state index contributed by atoms with van der Waals surface area (Å²) in [5, 5.41) is 3.76. The zero-order chi connectivity index (χ0) is 13.3. The largest absolute Gasteiger partial charge is 0.318 e. The molecule has 1 unspecified atom stereocenters. The highest BCUT2D eigenvalue weighted by atomic mass is 35.5. The summed E-state index contributed by atoms with van der Waals surface area (Å²) in [6, 6.07) is 7.43. The minimum atomic E-state index is -0.177. The Balaban J connectivity index is 2.26. The molecule has 1 atom stereocenters. The Morgan fingerprint density at radius 1 is 1.22 bits per heavy atom. The molecule has 2 nitrogen and oxygen atoms in total. The van der Waals surface area contributed by atoms with E-state index in [9.17, 15) is 0 Å². The molecule has 0 aliphatic carbocycles. The van der Waals surface area contributed by atoms with Crippen molar-refractivity contribution in [2.24, 2.45) is 5.73 Å². The molecule has 0 saturated carbocycles. The van der Waals surface area contributed by atoms with Gasteiger partial charge in [0.25, 0.3) is 0 Å². The first-order chi connectivity index (χ1) is 8.38. The Kier molecular flexibility index (Phi) is 3.76. The molecule has 0 amide bonds. The maximum Gasteiger partial charge on any atom is 0.114 e. The van der Waals surface area contributed by atoms with Crippen LogP contribution in [-0.2, 0) is 5.41 Å². The molecule has 2 aromatic rings. The van der Waals surface area contributed by atoms with Gasteiger partial charge in [0.2, 0.25) is 0 Å². The second-order valence-electron chi connectivity index (χ2n) is 5.35. The Hall–Kier alpha value is -0.900. The summed E-state index contributed by atoms with van der Waals surface area (Å²) in [5.41, 5.74) is 8.42. The van der Waals surface area contributed by atoms with E-state index in [0.29, 0.717) is 0 Å². The van der Waals surface area contributed by atoms with Crippen molar-refractivity contribution in [3.63, 3.8) is 0 Å². The first-order valence-electron chi connectivity index (χ1n) is 5.85. The molecule has 0 fully saturated rings. The van der Waals surface area contributed by atoms with Gasteiger partial charge in [-0.05, 0) is 17.7 Å². The van der Waals surface area contributed by atoms with Gasteiger partial charge in [-0.3, -0.25) is 0 Å². The number of hydrogen-bond donors (Lipinski definition) is 1. The summed E-state index contributed by atoms with van der Waals surface area (Å²) in [4.78, 5) is 4.64. The van der Waals surface area contributed by atoms with Crippen molar-refractivity contribution in [2.45, 2.75) is 32.2 Å². The molecule has 0 bridgehead atoms. The van der Waals surface area contributed by atoms with Crippen LogP contribution in [0.2, 0.25) is 5.02 Å². The smallest absolute Gasteiger partial charge is 0.114 e. The third kappa shape index (κ3) is 2.91. The monoisotopic (exact) mass is 280 g/mol. The van der Waals surface area contributed by atoms with Crippen molar-refractivity contribution >= 4 is 22.9 Å². The van der Waals surface area contributed by atoms with E-state index in [1.807, 2.05) is 24.3 Å². The third-order valence-corrected chi connectivity index (χ3v) is 3.97. The summed E-state index contributed by atoms with van der Waals surface area (Å²) >= 11 is 7.49. The maximum atomic E-state index is 6.23. The van der Waals surface area contributed by atoms with E-state index < -0.39 is 0 Å². The highest BCUT2D eigenvalue weighted by Crippen LogP contribution is 2.29. The Bertz CT molecular complexity index is 525. The van der Waals surface area contributed by atoms with Crippen molar-refractivity contribution in [3.8, 4) is 0 Å². The molecule has 0 aliphatic rings. The fraction of sp³-hybridized carbons (Fsp3) is 0.357. The van der Waals surface area contributed by atoms with Crippen molar-refractivity contribution in [2.75, 3.05) is 0 Å². The lowest BCUT2D eigenvalue weighted by atomic mass is 9.93. The number of hydrogen-bond acceptors (Lipinski definition) is 3. The van der Waals surface area contributed by atoms with Crippen LogP contribution in [0.25, 0.3) is 0 Å². The number of nitrogens with zero attached hydrogens (tertiary/aromatic N) is 1. The first kappa shape index (κ1) is 13.5. The SMILES string of the molecule is CC(C)(C)c1csc(C(N)c2ccc(Cl)cc2)n1. The molecule has 4 heteroatoms. The molecule has 96 valence electrons. The minimum absolute atomic E-state index is 0.0640. The normalized spacial score (nSPS) is 13.6. The van der Waals surface area contributed by atoms with Crippen molar-refractivity contribution < 1.29 is 0 Å². The summed E-state index contributed by atoms with van der Waals surface area (Å²) in [6.45, 7) is 6.46. The van der Waals surface area contributed by atoms with E-state index >= 15 is 0 Å². The standard InChI is InChI=1S/C14H17ClN2S/c1-14(2,3)11-8-18-13(17-11)12(16)9-4-6-10(15)7-5-9/h4-8,12H,16H2,1-3H3. The second kappa shape index (κ2) is 5.00. The molecule has 1 aromatic heterocycles. The molecule has 2 rings (SSSR count). The van der Waals surface area contributed by atoms with Gasteiger partial charge < -0.3 is 5.73 Å². The fourth-order valence-corrected chi connectivity index (χ4v) is 2.79. The number of aromatic nitrogens is 1. The molecular formula is C14H17ClN2S. The zero-order valence-electron chi connectivity index (χ0n) is 10.8. The Morgan fingerprint density at radius 2 is 1.83 bits per heavy atom. The summed E-state index contributed by atoms with van der Waals surface area (Å²) in [6.07, 6.45) is 0. The first-order valence-corrected chi connectivity index (χ1v) is 7.10. The molecule has 2 N–H and O–H groups in total. The number of thiazole rings is 1. The van der Waals surface area contributed by atoms with Crippen LogP contribution in [0.5, 0.6) is 0 Å². The van der Waals surface area contributed by atoms with Crippen LogP contribution in [0.1, 0.15) is 43.1 Å². The van der Waals surface area contributed by atoms with Gasteiger partial charge in [-0.1, -0.05) is 44.5 Å². The van der Waals surface area contributed by atoms with Crippen molar-refractivity contribution in [3.05, 3.63) is 50.9 Å². The second-order valence-corrected chi connectivity index (χ2v) is 6.68. The molecule has 1 heterocycles. The average molecular weight is 281 g/mol. The van der Waals surface area contributed by atoms with Gasteiger partial charge in [-0.2, -0.15) is 0 Å². The average Bonchev–Trinajstić information content (AvgIpc) is 2.78. The van der Waals surface area contributed by atoms with Gasteiger partial charge >= 0.3 is 0 Å². The van der Waals surface area contributed by atoms with Crippen molar-refractivity contribution in [1.82, 2.24) is 4.98 Å². The van der Waals surface area contributed by atoms with Gasteiger partial charge in [-0.15, -0.1) is 11.3 Å². The van der Waals surface area contributed by atoms with Crippen LogP contribution in [0, 0.1) is 0 Å². The Labute approximate surface area is 117 Å². The lowest BCUT2D eigenvalue weighted by Crippen LogP contribution is -2.14. The molecule has 0 aliphatic heterocycles. The molecular weight excluding hydrogens is 264 g/mol. The number of nitrogens with two attached hydrogens (primary N) is 1. The van der Waals surface area contributed by atoms with Gasteiger partial charge in [0.05, 0.1) is 11.7 Å². The van der Waals surface area contributed by atoms with Crippen molar-refractivity contribution in [1.29, 1.82) is 0 Å². The molecule has 0 spiro atoms. The van der Waals surface area contributed by atoms with Gasteiger partial charge in [0, 0.05) is 15.8 Å². The fourth-order valence-electron chi connectivity index (χ4n) is 1.59. The number of benzene rings is 1. The van der Waals surface area contributed by atoms with E-state index in [2.05, 4.69) is 31.1 Å². The predicted molar refractivity (Wildman–Crippen MR) is 78.3 cm³/mol. The quantitative estimate of drug-likeness (QED) is 0.898. The summed E-state index contributed by atoms with van der Waals surface area (Å²) < 4.78 is 0. The molecule has 1 aromatic carbocycles. The van der Waals surface area contributed by atoms with Crippen LogP contribution in [0.3, 0.4) is 0 Å². The van der Waals surface area contributed by atoms with E-state index in [4.69, 9.17) is 17.3 Å².